The molecule has 1 aliphatic heterocycles. The lowest BCUT2D eigenvalue weighted by molar-refractivity contribution is 0.0162. The Kier molecular flexibility index (Phi) is 8.60. The van der Waals surface area contributed by atoms with Gasteiger partial charge in [-0.2, -0.15) is 0 Å². The van der Waals surface area contributed by atoms with Crippen molar-refractivity contribution in [2.24, 2.45) is 0 Å². The highest BCUT2D eigenvalue weighted by atomic mass is 35.5. The SMILES string of the molecule is COc1ccc(C(CNC(=O)c2cc(S(=O)(=O)N(C)C)c(Cl)cc2Cl)N2CCOCC2)cc1. The van der Waals surface area contributed by atoms with Crippen molar-refractivity contribution in [2.75, 3.05) is 54.1 Å². The summed E-state index contributed by atoms with van der Waals surface area (Å²) in [5, 5.41) is 2.93. The van der Waals surface area contributed by atoms with Gasteiger partial charge in [0.2, 0.25) is 10.0 Å². The van der Waals surface area contributed by atoms with Crippen molar-refractivity contribution in [2.45, 2.75) is 10.9 Å². The first kappa shape index (κ1) is 25.7. The molecule has 1 heterocycles. The van der Waals surface area contributed by atoms with Gasteiger partial charge < -0.3 is 14.8 Å². The molecule has 1 unspecified atom stereocenters. The molecule has 1 amide bonds. The van der Waals surface area contributed by atoms with Gasteiger partial charge in [-0.1, -0.05) is 35.3 Å². The van der Waals surface area contributed by atoms with Gasteiger partial charge in [-0.3, -0.25) is 9.69 Å². The molecule has 1 fully saturated rings. The lowest BCUT2D eigenvalue weighted by Crippen LogP contribution is -2.43. The van der Waals surface area contributed by atoms with E-state index in [-0.39, 0.29) is 26.5 Å². The molecular weight excluding hydrogens is 489 g/mol. The molecule has 8 nitrogen and oxygen atoms in total. The number of sulfonamides is 1. The molecule has 0 bridgehead atoms. The Morgan fingerprint density at radius 1 is 1.15 bits per heavy atom. The summed E-state index contributed by atoms with van der Waals surface area (Å²) >= 11 is 12.4. The number of morpholine rings is 1. The molecule has 0 aliphatic carbocycles. The predicted octanol–water partition coefficient (Wildman–Crippen LogP) is 3.06. The summed E-state index contributed by atoms with van der Waals surface area (Å²) < 4.78 is 36.9. The fourth-order valence-corrected chi connectivity index (χ4v) is 5.28. The van der Waals surface area contributed by atoms with Crippen LogP contribution in [0.15, 0.2) is 41.3 Å². The Morgan fingerprint density at radius 3 is 2.36 bits per heavy atom. The first-order valence-corrected chi connectivity index (χ1v) is 12.5. The first-order chi connectivity index (χ1) is 15.6. The third-order valence-electron chi connectivity index (χ3n) is 5.47. The maximum absolute atomic E-state index is 13.0. The number of halogens is 2. The minimum absolute atomic E-state index is 0.0388. The Morgan fingerprint density at radius 2 is 1.79 bits per heavy atom. The highest BCUT2D eigenvalue weighted by Gasteiger charge is 2.26. The number of rotatable bonds is 8. The van der Waals surface area contributed by atoms with Crippen LogP contribution in [-0.2, 0) is 14.8 Å². The number of nitrogens with zero attached hydrogens (tertiary/aromatic N) is 2. The highest BCUT2D eigenvalue weighted by molar-refractivity contribution is 7.89. The third kappa shape index (κ3) is 5.98. The average molecular weight is 516 g/mol. The zero-order valence-corrected chi connectivity index (χ0v) is 21.0. The van der Waals surface area contributed by atoms with E-state index in [4.69, 9.17) is 32.7 Å². The second kappa shape index (κ2) is 11.0. The molecule has 180 valence electrons. The van der Waals surface area contributed by atoms with E-state index in [1.54, 1.807) is 7.11 Å². The number of carbonyl (C=O) groups excluding carboxylic acids is 1. The molecule has 2 aromatic rings. The van der Waals surface area contributed by atoms with Crippen molar-refractivity contribution in [3.05, 3.63) is 57.6 Å². The van der Waals surface area contributed by atoms with E-state index in [1.807, 2.05) is 24.3 Å². The number of hydrogen-bond acceptors (Lipinski definition) is 6. The van der Waals surface area contributed by atoms with Gasteiger partial charge in [0.15, 0.2) is 0 Å². The summed E-state index contributed by atoms with van der Waals surface area (Å²) in [6.45, 7) is 2.95. The Bertz CT molecular complexity index is 1090. The van der Waals surface area contributed by atoms with Crippen molar-refractivity contribution in [1.82, 2.24) is 14.5 Å². The van der Waals surface area contributed by atoms with Crippen molar-refractivity contribution in [3.8, 4) is 5.75 Å². The normalized spacial score (nSPS) is 15.9. The van der Waals surface area contributed by atoms with Crippen LogP contribution in [0.1, 0.15) is 22.0 Å². The molecule has 11 heteroatoms. The summed E-state index contributed by atoms with van der Waals surface area (Å²) in [6.07, 6.45) is 0. The predicted molar refractivity (Wildman–Crippen MR) is 128 cm³/mol. The van der Waals surface area contributed by atoms with E-state index in [0.717, 1.165) is 28.7 Å². The number of amides is 1. The number of benzene rings is 2. The standard InChI is InChI=1S/C22H27Cl2N3O5S/c1-26(2)33(29,30)21-12-17(18(23)13-19(21)24)22(28)25-14-20(27-8-10-32-11-9-27)15-4-6-16(31-3)7-5-15/h4-7,12-13,20H,8-11,14H2,1-3H3,(H,25,28). The Labute approximate surface area is 204 Å². The van der Waals surface area contributed by atoms with Gasteiger partial charge in [0.1, 0.15) is 10.6 Å². The number of nitrogens with one attached hydrogen (secondary N) is 1. The average Bonchev–Trinajstić information content (AvgIpc) is 2.80. The minimum atomic E-state index is -3.85. The minimum Gasteiger partial charge on any atom is -0.497 e. The quantitative estimate of drug-likeness (QED) is 0.581. The first-order valence-electron chi connectivity index (χ1n) is 10.3. The second-order valence-electron chi connectivity index (χ2n) is 7.70. The van der Waals surface area contributed by atoms with E-state index in [2.05, 4.69) is 10.2 Å². The van der Waals surface area contributed by atoms with Crippen LogP contribution in [-0.4, -0.2) is 77.6 Å². The zero-order chi connectivity index (χ0) is 24.2. The maximum atomic E-state index is 13.0. The van der Waals surface area contributed by atoms with Crippen LogP contribution in [0.3, 0.4) is 0 Å². The number of carbonyl (C=O) groups is 1. The van der Waals surface area contributed by atoms with Gasteiger partial charge in [-0.15, -0.1) is 0 Å². The van der Waals surface area contributed by atoms with Gasteiger partial charge in [0.25, 0.3) is 5.91 Å². The molecule has 0 saturated carbocycles. The summed E-state index contributed by atoms with van der Waals surface area (Å²) in [5.41, 5.74) is 1.05. The summed E-state index contributed by atoms with van der Waals surface area (Å²) in [5.74, 6) is 0.254. The van der Waals surface area contributed by atoms with Crippen LogP contribution in [0.4, 0.5) is 0 Å². The molecule has 33 heavy (non-hydrogen) atoms. The Balaban J connectivity index is 1.85. The fraction of sp³-hybridized carbons (Fsp3) is 0.409. The molecule has 0 aromatic heterocycles. The molecule has 3 rings (SSSR count). The van der Waals surface area contributed by atoms with Crippen LogP contribution in [0, 0.1) is 0 Å². The topological polar surface area (TPSA) is 88.2 Å². The lowest BCUT2D eigenvalue weighted by atomic mass is 10.0. The largest absolute Gasteiger partial charge is 0.497 e. The monoisotopic (exact) mass is 515 g/mol. The summed E-state index contributed by atoms with van der Waals surface area (Å²) in [6, 6.07) is 10.0. The van der Waals surface area contributed by atoms with Gasteiger partial charge in [-0.25, -0.2) is 12.7 Å². The molecule has 1 saturated heterocycles. The van der Waals surface area contributed by atoms with E-state index in [9.17, 15) is 13.2 Å². The smallest absolute Gasteiger partial charge is 0.252 e. The zero-order valence-electron chi connectivity index (χ0n) is 18.7. The van der Waals surface area contributed by atoms with Gasteiger partial charge >= 0.3 is 0 Å². The van der Waals surface area contributed by atoms with Crippen LogP contribution in [0.5, 0.6) is 5.75 Å². The summed E-state index contributed by atoms with van der Waals surface area (Å²) in [4.78, 5) is 15.1. The molecule has 2 aromatic carbocycles. The third-order valence-corrected chi connectivity index (χ3v) is 8.06. The summed E-state index contributed by atoms with van der Waals surface area (Å²) in [7, 11) is 0.538. The van der Waals surface area contributed by atoms with Gasteiger partial charge in [0.05, 0.1) is 42.0 Å². The fourth-order valence-electron chi connectivity index (χ4n) is 3.56. The van der Waals surface area contributed by atoms with Crippen molar-refractivity contribution >= 4 is 39.1 Å². The van der Waals surface area contributed by atoms with Crippen LogP contribution in [0.25, 0.3) is 0 Å². The van der Waals surface area contributed by atoms with Crippen molar-refractivity contribution in [3.63, 3.8) is 0 Å². The number of methoxy groups -OCH3 is 1. The molecule has 1 aliphatic rings. The van der Waals surface area contributed by atoms with E-state index in [1.165, 1.54) is 26.2 Å². The number of hydrogen-bond donors (Lipinski definition) is 1. The van der Waals surface area contributed by atoms with Crippen LogP contribution < -0.4 is 10.1 Å². The van der Waals surface area contributed by atoms with Crippen molar-refractivity contribution < 1.29 is 22.7 Å². The van der Waals surface area contributed by atoms with Crippen molar-refractivity contribution in [1.29, 1.82) is 0 Å². The molecule has 0 radical (unpaired) electrons. The number of ether oxygens (including phenoxy) is 2. The second-order valence-corrected chi connectivity index (χ2v) is 10.6. The Hall–Kier alpha value is -1.88. The van der Waals surface area contributed by atoms with E-state index >= 15 is 0 Å². The molecule has 1 atom stereocenters. The van der Waals surface area contributed by atoms with E-state index in [0.29, 0.717) is 19.8 Å². The van der Waals surface area contributed by atoms with Crippen LogP contribution in [0.2, 0.25) is 10.0 Å². The van der Waals surface area contributed by atoms with Gasteiger partial charge in [-0.05, 0) is 29.8 Å². The van der Waals surface area contributed by atoms with Crippen LogP contribution >= 0.6 is 23.2 Å². The van der Waals surface area contributed by atoms with Gasteiger partial charge in [0, 0.05) is 33.7 Å². The molecule has 1 N–H and O–H groups in total. The van der Waals surface area contributed by atoms with E-state index < -0.39 is 15.9 Å². The lowest BCUT2D eigenvalue weighted by Gasteiger charge is -2.35. The molecular formula is C22H27Cl2N3O5S. The molecule has 0 spiro atoms. The maximum Gasteiger partial charge on any atom is 0.252 e. The highest BCUT2D eigenvalue weighted by Crippen LogP contribution is 2.30.